The van der Waals surface area contributed by atoms with Crippen molar-refractivity contribution in [3.8, 4) is 0 Å². The van der Waals surface area contributed by atoms with Crippen molar-refractivity contribution in [2.24, 2.45) is 0 Å². The Hall–Kier alpha value is 0.170. The molecule has 17 heavy (non-hydrogen) atoms. The highest BCUT2D eigenvalue weighted by Gasteiger charge is 2.13. The van der Waals surface area contributed by atoms with Gasteiger partial charge in [0.25, 0.3) is 0 Å². The van der Waals surface area contributed by atoms with Gasteiger partial charge in [-0.1, -0.05) is 77.6 Å². The van der Waals surface area contributed by atoms with Gasteiger partial charge in [-0.3, -0.25) is 0 Å². The minimum absolute atomic E-state index is 0.155. The summed E-state index contributed by atoms with van der Waals surface area (Å²) in [6, 6.07) is 14.0. The number of hydrogen-bond acceptors (Lipinski definition) is 0. The summed E-state index contributed by atoms with van der Waals surface area (Å²) in [5, 5.41) is 0.753. The Labute approximate surface area is 131 Å². The molecule has 0 radical (unpaired) electrons. The molecule has 2 aromatic carbocycles. The van der Waals surface area contributed by atoms with Crippen molar-refractivity contribution in [2.75, 3.05) is 0 Å². The molecule has 0 aliphatic carbocycles. The number of halogens is 4. The third-order valence-corrected chi connectivity index (χ3v) is 4.85. The first-order chi connectivity index (χ1) is 8.08. The maximum atomic E-state index is 5.88. The van der Waals surface area contributed by atoms with E-state index < -0.39 is 0 Å². The highest BCUT2D eigenvalue weighted by atomic mass is 79.9. The first-order valence-electron chi connectivity index (χ1n) is 4.92. The zero-order valence-corrected chi connectivity index (χ0v) is 14.1. The number of rotatable bonds is 2. The largest absolute Gasteiger partial charge is 0.0843 e. The van der Waals surface area contributed by atoms with Crippen LogP contribution < -0.4 is 0 Å². The molecule has 2 aromatic rings. The SMILES string of the molecule is Clc1ccc(C(Br)c2ccc(Br)cc2Br)cc1. The summed E-state index contributed by atoms with van der Waals surface area (Å²) in [6.45, 7) is 0. The van der Waals surface area contributed by atoms with E-state index in [2.05, 4.69) is 53.9 Å². The summed E-state index contributed by atoms with van der Waals surface area (Å²) in [6.07, 6.45) is 0. The van der Waals surface area contributed by atoms with Crippen molar-refractivity contribution in [1.29, 1.82) is 0 Å². The topological polar surface area (TPSA) is 0 Å². The Morgan fingerprint density at radius 3 is 2.18 bits per heavy atom. The van der Waals surface area contributed by atoms with Gasteiger partial charge in [0.05, 0.1) is 4.83 Å². The number of hydrogen-bond donors (Lipinski definition) is 0. The van der Waals surface area contributed by atoms with Crippen molar-refractivity contribution in [3.63, 3.8) is 0 Å². The van der Waals surface area contributed by atoms with Crippen LogP contribution in [0.15, 0.2) is 51.4 Å². The van der Waals surface area contributed by atoms with Crippen LogP contribution in [0.4, 0.5) is 0 Å². The monoisotopic (exact) mass is 436 g/mol. The molecule has 88 valence electrons. The first kappa shape index (κ1) is 13.6. The fraction of sp³-hybridized carbons (Fsp3) is 0.0769. The molecule has 2 rings (SSSR count). The van der Waals surface area contributed by atoms with Gasteiger partial charge in [-0.05, 0) is 35.4 Å². The van der Waals surface area contributed by atoms with Gasteiger partial charge >= 0.3 is 0 Å². The van der Waals surface area contributed by atoms with Crippen molar-refractivity contribution < 1.29 is 0 Å². The average molecular weight is 439 g/mol. The Balaban J connectivity index is 2.36. The van der Waals surface area contributed by atoms with E-state index in [0.717, 1.165) is 14.0 Å². The Bertz CT molecular complexity index is 523. The molecule has 0 saturated heterocycles. The van der Waals surface area contributed by atoms with Crippen molar-refractivity contribution >= 4 is 59.4 Å². The van der Waals surface area contributed by atoms with E-state index in [9.17, 15) is 0 Å². The standard InChI is InChI=1S/C13H8Br3Cl/c14-9-3-6-11(12(15)7-9)13(16)8-1-4-10(17)5-2-8/h1-7,13H. The van der Waals surface area contributed by atoms with Crippen LogP contribution in [0.2, 0.25) is 5.02 Å². The van der Waals surface area contributed by atoms with Crippen LogP contribution in [0.1, 0.15) is 16.0 Å². The van der Waals surface area contributed by atoms with Crippen molar-refractivity contribution in [2.45, 2.75) is 4.83 Å². The van der Waals surface area contributed by atoms with Crippen LogP contribution in [-0.4, -0.2) is 0 Å². The summed E-state index contributed by atoms with van der Waals surface area (Å²) >= 11 is 16.6. The lowest BCUT2D eigenvalue weighted by atomic mass is 10.1. The van der Waals surface area contributed by atoms with Gasteiger partial charge in [0.15, 0.2) is 0 Å². The second-order valence-corrected chi connectivity index (χ2v) is 6.70. The molecule has 0 nitrogen and oxygen atoms in total. The van der Waals surface area contributed by atoms with Gasteiger partial charge in [0.2, 0.25) is 0 Å². The third-order valence-electron chi connectivity index (χ3n) is 2.40. The minimum Gasteiger partial charge on any atom is -0.0843 e. The zero-order valence-electron chi connectivity index (χ0n) is 8.63. The molecule has 0 aliphatic rings. The Kier molecular flexibility index (Phi) is 4.70. The summed E-state index contributed by atoms with van der Waals surface area (Å²) < 4.78 is 2.13. The molecule has 1 atom stereocenters. The Morgan fingerprint density at radius 1 is 0.941 bits per heavy atom. The van der Waals surface area contributed by atoms with E-state index in [1.165, 1.54) is 11.1 Å². The van der Waals surface area contributed by atoms with Crippen LogP contribution in [0, 0.1) is 0 Å². The molecule has 0 saturated carbocycles. The van der Waals surface area contributed by atoms with E-state index in [4.69, 9.17) is 11.6 Å². The highest BCUT2D eigenvalue weighted by Crippen LogP contribution is 2.36. The van der Waals surface area contributed by atoms with E-state index in [1.54, 1.807) is 0 Å². The summed E-state index contributed by atoms with van der Waals surface area (Å²) in [7, 11) is 0. The van der Waals surface area contributed by atoms with E-state index in [0.29, 0.717) is 0 Å². The highest BCUT2D eigenvalue weighted by molar-refractivity contribution is 9.11. The first-order valence-corrected chi connectivity index (χ1v) is 7.80. The van der Waals surface area contributed by atoms with E-state index in [1.807, 2.05) is 36.4 Å². The lowest BCUT2D eigenvalue weighted by Gasteiger charge is -2.13. The van der Waals surface area contributed by atoms with Crippen LogP contribution in [0.3, 0.4) is 0 Å². The van der Waals surface area contributed by atoms with Gasteiger partial charge < -0.3 is 0 Å². The molecule has 0 spiro atoms. The number of benzene rings is 2. The van der Waals surface area contributed by atoms with Crippen LogP contribution in [0.5, 0.6) is 0 Å². The lowest BCUT2D eigenvalue weighted by Crippen LogP contribution is -1.93. The second kappa shape index (κ2) is 5.87. The van der Waals surface area contributed by atoms with Crippen LogP contribution in [0.25, 0.3) is 0 Å². The van der Waals surface area contributed by atoms with Gasteiger partial charge in [-0.2, -0.15) is 0 Å². The molecular weight excluding hydrogens is 431 g/mol. The maximum absolute atomic E-state index is 5.88. The quantitative estimate of drug-likeness (QED) is 0.479. The molecule has 4 heteroatoms. The van der Waals surface area contributed by atoms with Gasteiger partial charge in [-0.15, -0.1) is 0 Å². The lowest BCUT2D eigenvalue weighted by molar-refractivity contribution is 1.16. The average Bonchev–Trinajstić information content (AvgIpc) is 2.29. The van der Waals surface area contributed by atoms with E-state index in [-0.39, 0.29) is 4.83 Å². The number of alkyl halides is 1. The fourth-order valence-electron chi connectivity index (χ4n) is 1.52. The van der Waals surface area contributed by atoms with Gasteiger partial charge in [0.1, 0.15) is 0 Å². The molecule has 0 N–H and O–H groups in total. The smallest absolute Gasteiger partial charge is 0.0655 e. The predicted octanol–water partition coefficient (Wildman–Crippen LogP) is 6.35. The zero-order chi connectivity index (χ0) is 12.4. The van der Waals surface area contributed by atoms with Gasteiger partial charge in [-0.25, -0.2) is 0 Å². The second-order valence-electron chi connectivity index (χ2n) is 3.58. The van der Waals surface area contributed by atoms with Crippen LogP contribution >= 0.6 is 59.4 Å². The molecular formula is C13H8Br3Cl. The molecule has 0 aromatic heterocycles. The summed E-state index contributed by atoms with van der Waals surface area (Å²) in [4.78, 5) is 0.155. The maximum Gasteiger partial charge on any atom is 0.0655 e. The molecule has 0 amide bonds. The summed E-state index contributed by atoms with van der Waals surface area (Å²) in [5.41, 5.74) is 2.37. The van der Waals surface area contributed by atoms with Crippen LogP contribution in [-0.2, 0) is 0 Å². The molecule has 0 heterocycles. The summed E-state index contributed by atoms with van der Waals surface area (Å²) in [5.74, 6) is 0. The molecule has 1 unspecified atom stereocenters. The van der Waals surface area contributed by atoms with Crippen molar-refractivity contribution in [3.05, 3.63) is 67.6 Å². The normalized spacial score (nSPS) is 12.5. The van der Waals surface area contributed by atoms with Gasteiger partial charge in [0, 0.05) is 14.0 Å². The van der Waals surface area contributed by atoms with E-state index >= 15 is 0 Å². The molecule has 0 fully saturated rings. The Morgan fingerprint density at radius 2 is 1.59 bits per heavy atom. The predicted molar refractivity (Wildman–Crippen MR) is 84.1 cm³/mol. The molecule has 0 aliphatic heterocycles. The van der Waals surface area contributed by atoms with Crippen molar-refractivity contribution in [1.82, 2.24) is 0 Å². The molecule has 0 bridgehead atoms. The fourth-order valence-corrected chi connectivity index (χ4v) is 3.93. The third kappa shape index (κ3) is 3.34. The minimum atomic E-state index is 0.155.